The molecule has 1 aliphatic heterocycles. The minimum Gasteiger partial charge on any atom is -0.467 e. The van der Waals surface area contributed by atoms with Crippen molar-refractivity contribution < 1.29 is 43.3 Å². The highest BCUT2D eigenvalue weighted by Gasteiger charge is 2.43. The molecule has 1 rings (SSSR count). The van der Waals surface area contributed by atoms with Crippen LogP contribution in [-0.2, 0) is 38.2 Å². The molecule has 0 aromatic carbocycles. The highest BCUT2D eigenvalue weighted by Crippen LogP contribution is 2.29. The molecule has 0 unspecified atom stereocenters. The van der Waals surface area contributed by atoms with Crippen molar-refractivity contribution in [1.82, 2.24) is 25.3 Å². The number of carbonyl (C=O) groups is 5. The van der Waals surface area contributed by atoms with Gasteiger partial charge in [-0.05, 0) is 44.7 Å². The number of hydrogen-bond acceptors (Lipinski definition) is 10. The van der Waals surface area contributed by atoms with Crippen LogP contribution in [0.2, 0.25) is 0 Å². The van der Waals surface area contributed by atoms with E-state index in [2.05, 4.69) is 15.4 Å². The summed E-state index contributed by atoms with van der Waals surface area (Å²) in [6.45, 7) is 13.3. The molecule has 1 fully saturated rings. The molecular formula is C35H65N5O9. The minimum atomic E-state index is -1.22. The molecule has 1 heterocycles. The number of carbonyl (C=O) groups excluding carboxylic acids is 5. The van der Waals surface area contributed by atoms with Crippen LogP contribution >= 0.6 is 0 Å². The van der Waals surface area contributed by atoms with E-state index in [1.54, 1.807) is 23.8 Å². The van der Waals surface area contributed by atoms with Crippen LogP contribution in [0.5, 0.6) is 0 Å². The SMILES string of the molecule is CC[C@H](C)[C@@H]([C@@H](CC(=O)N1CCC[C@H]1[C@H](OC)[C@@H](C)C(=O)N[C@@H](CO)C(=O)OC)OC)N(C)C(=O)[C@@H](NC(=O)[C@H](C(C)C)N(C)C)C(C)C. The normalized spacial score (nSPS) is 19.9. The van der Waals surface area contributed by atoms with Gasteiger partial charge >= 0.3 is 5.97 Å². The smallest absolute Gasteiger partial charge is 0.330 e. The third-order valence-corrected chi connectivity index (χ3v) is 9.93. The fraction of sp³-hybridized carbons (Fsp3) is 0.857. The lowest BCUT2D eigenvalue weighted by Crippen LogP contribution is -2.59. The van der Waals surface area contributed by atoms with E-state index >= 15 is 0 Å². The zero-order valence-electron chi connectivity index (χ0n) is 32.1. The van der Waals surface area contributed by atoms with Gasteiger partial charge in [-0.1, -0.05) is 54.9 Å². The fourth-order valence-corrected chi connectivity index (χ4v) is 7.04. The standard InChI is InChI=1S/C35H65N5O9/c1-14-22(6)30(39(10)34(45)28(20(2)3)37-33(44)29(21(4)5)38(8)9)26(47-11)18-27(42)40-17-15-16-25(40)31(48-12)23(7)32(43)36-24(19-41)35(46)49-13/h20-26,28-31,41H,14-19H2,1-13H3,(H,36,43)(H,37,44)/t22-,23+,24-,25-,26+,28-,29-,30-,31+/m0/s1. The van der Waals surface area contributed by atoms with Gasteiger partial charge in [0.05, 0.1) is 56.4 Å². The van der Waals surface area contributed by atoms with Crippen LogP contribution in [0.1, 0.15) is 74.1 Å². The number of hydrogen-bond donors (Lipinski definition) is 3. The van der Waals surface area contributed by atoms with Gasteiger partial charge in [-0.3, -0.25) is 24.1 Å². The van der Waals surface area contributed by atoms with Gasteiger partial charge in [0, 0.05) is 27.8 Å². The van der Waals surface area contributed by atoms with Gasteiger partial charge < -0.3 is 39.8 Å². The number of rotatable bonds is 20. The summed E-state index contributed by atoms with van der Waals surface area (Å²) in [5, 5.41) is 15.1. The molecule has 0 radical (unpaired) electrons. The van der Waals surface area contributed by atoms with Crippen LogP contribution in [-0.4, -0.2) is 147 Å². The van der Waals surface area contributed by atoms with E-state index in [0.29, 0.717) is 19.4 Å². The van der Waals surface area contributed by atoms with Crippen molar-refractivity contribution >= 4 is 29.6 Å². The zero-order chi connectivity index (χ0) is 37.7. The average Bonchev–Trinajstić information content (AvgIpc) is 3.54. The van der Waals surface area contributed by atoms with Gasteiger partial charge in [0.1, 0.15) is 6.04 Å². The lowest BCUT2D eigenvalue weighted by atomic mass is 9.89. The van der Waals surface area contributed by atoms with Gasteiger partial charge in [0.2, 0.25) is 23.6 Å². The summed E-state index contributed by atoms with van der Waals surface area (Å²) in [6.07, 6.45) is 0.672. The topological polar surface area (TPSA) is 167 Å². The molecule has 0 aromatic heterocycles. The molecule has 0 spiro atoms. The van der Waals surface area contributed by atoms with E-state index in [1.807, 2.05) is 60.5 Å². The first-order valence-electron chi connectivity index (χ1n) is 17.5. The number of methoxy groups -OCH3 is 3. The van der Waals surface area contributed by atoms with Crippen molar-refractivity contribution in [3.05, 3.63) is 0 Å². The molecule has 0 aliphatic carbocycles. The number of aliphatic hydroxyl groups is 1. The van der Waals surface area contributed by atoms with Crippen LogP contribution in [0.3, 0.4) is 0 Å². The molecule has 0 bridgehead atoms. The predicted molar refractivity (Wildman–Crippen MR) is 186 cm³/mol. The molecule has 9 atom stereocenters. The first-order chi connectivity index (χ1) is 22.9. The Hall–Kier alpha value is -2.81. The lowest BCUT2D eigenvalue weighted by molar-refractivity contribution is -0.149. The zero-order valence-corrected chi connectivity index (χ0v) is 32.1. The highest BCUT2D eigenvalue weighted by molar-refractivity contribution is 5.90. The number of esters is 1. The Labute approximate surface area is 293 Å². The molecular weight excluding hydrogens is 634 g/mol. The van der Waals surface area contributed by atoms with Gasteiger partial charge in [0.25, 0.3) is 0 Å². The third kappa shape index (κ3) is 11.6. The maximum Gasteiger partial charge on any atom is 0.330 e. The van der Waals surface area contributed by atoms with E-state index in [-0.39, 0.29) is 41.9 Å². The average molecular weight is 700 g/mol. The second-order valence-corrected chi connectivity index (χ2v) is 14.2. The number of nitrogens with zero attached hydrogens (tertiary/aromatic N) is 3. The largest absolute Gasteiger partial charge is 0.467 e. The molecule has 49 heavy (non-hydrogen) atoms. The fourth-order valence-electron chi connectivity index (χ4n) is 7.04. The van der Waals surface area contributed by atoms with E-state index in [0.717, 1.165) is 6.42 Å². The quantitative estimate of drug-likeness (QED) is 0.158. The molecule has 284 valence electrons. The second kappa shape index (κ2) is 20.8. The molecule has 3 N–H and O–H groups in total. The van der Waals surface area contributed by atoms with E-state index in [9.17, 15) is 29.1 Å². The minimum absolute atomic E-state index is 0.0136. The second-order valence-electron chi connectivity index (χ2n) is 14.2. The number of amides is 4. The van der Waals surface area contributed by atoms with Crippen LogP contribution in [0.15, 0.2) is 0 Å². The number of ether oxygens (including phenoxy) is 3. The number of likely N-dealkylation sites (N-methyl/N-ethyl adjacent to an activating group) is 2. The lowest BCUT2D eigenvalue weighted by Gasteiger charge is -2.41. The highest BCUT2D eigenvalue weighted by atomic mass is 16.5. The van der Waals surface area contributed by atoms with Gasteiger partial charge in [-0.25, -0.2) is 4.79 Å². The van der Waals surface area contributed by atoms with Crippen molar-refractivity contribution in [2.24, 2.45) is 23.7 Å². The van der Waals surface area contributed by atoms with Crippen LogP contribution < -0.4 is 10.6 Å². The van der Waals surface area contributed by atoms with Crippen molar-refractivity contribution in [3.8, 4) is 0 Å². The monoisotopic (exact) mass is 699 g/mol. The summed E-state index contributed by atoms with van der Waals surface area (Å²) in [5.74, 6) is -2.90. The number of nitrogens with one attached hydrogen (secondary N) is 2. The Morgan fingerprint density at radius 1 is 0.898 bits per heavy atom. The van der Waals surface area contributed by atoms with E-state index < -0.39 is 66.8 Å². The molecule has 4 amide bonds. The predicted octanol–water partition coefficient (Wildman–Crippen LogP) is 1.28. The van der Waals surface area contributed by atoms with E-state index in [4.69, 9.17) is 9.47 Å². The third-order valence-electron chi connectivity index (χ3n) is 9.93. The summed E-state index contributed by atoms with van der Waals surface area (Å²) >= 11 is 0. The Bertz CT molecular complexity index is 1080. The van der Waals surface area contributed by atoms with Crippen molar-refractivity contribution in [1.29, 1.82) is 0 Å². The summed E-state index contributed by atoms with van der Waals surface area (Å²) in [7, 11) is 9.56. The van der Waals surface area contributed by atoms with Crippen LogP contribution in [0.25, 0.3) is 0 Å². The Morgan fingerprint density at radius 2 is 1.51 bits per heavy atom. The van der Waals surface area contributed by atoms with Crippen LogP contribution in [0, 0.1) is 23.7 Å². The Morgan fingerprint density at radius 3 is 1.96 bits per heavy atom. The number of aliphatic hydroxyl groups excluding tert-OH is 1. The Balaban J connectivity index is 3.27. The molecule has 1 aliphatic rings. The molecule has 0 aromatic rings. The first-order valence-corrected chi connectivity index (χ1v) is 17.5. The first kappa shape index (κ1) is 44.2. The van der Waals surface area contributed by atoms with Gasteiger partial charge in [0.15, 0.2) is 6.04 Å². The molecule has 1 saturated heterocycles. The van der Waals surface area contributed by atoms with Crippen molar-refractivity contribution in [2.45, 2.75) is 117 Å². The van der Waals surface area contributed by atoms with Crippen molar-refractivity contribution in [3.63, 3.8) is 0 Å². The summed E-state index contributed by atoms with van der Waals surface area (Å²) < 4.78 is 16.4. The molecule has 14 nitrogen and oxygen atoms in total. The summed E-state index contributed by atoms with van der Waals surface area (Å²) in [5.41, 5.74) is 0. The van der Waals surface area contributed by atoms with E-state index in [1.165, 1.54) is 21.3 Å². The van der Waals surface area contributed by atoms with Gasteiger partial charge in [-0.2, -0.15) is 0 Å². The molecule has 0 saturated carbocycles. The maximum absolute atomic E-state index is 14.1. The van der Waals surface area contributed by atoms with Crippen LogP contribution in [0.4, 0.5) is 0 Å². The summed E-state index contributed by atoms with van der Waals surface area (Å²) in [4.78, 5) is 71.7. The number of likely N-dealkylation sites (tertiary alicyclic amines) is 1. The molecule has 14 heteroatoms. The van der Waals surface area contributed by atoms with Crippen molar-refractivity contribution in [2.75, 3.05) is 55.6 Å². The van der Waals surface area contributed by atoms with Gasteiger partial charge in [-0.15, -0.1) is 0 Å². The Kier molecular flexibility index (Phi) is 18.7. The summed E-state index contributed by atoms with van der Waals surface area (Å²) in [6, 6.07) is -3.30. The maximum atomic E-state index is 14.1.